The van der Waals surface area contributed by atoms with Crippen molar-refractivity contribution in [2.45, 2.75) is 25.8 Å². The van der Waals surface area contributed by atoms with Gasteiger partial charge in [-0.25, -0.2) is 15.0 Å². The number of rotatable bonds is 5. The van der Waals surface area contributed by atoms with E-state index in [1.807, 2.05) is 10.9 Å². The molecule has 3 aromatic heterocycles. The third-order valence-electron chi connectivity index (χ3n) is 4.42. The van der Waals surface area contributed by atoms with E-state index in [-0.39, 0.29) is 6.61 Å². The number of nitrogens with zero attached hydrogens (tertiary/aromatic N) is 7. The number of nitrogens with one attached hydrogen (secondary N) is 1. The molecule has 0 saturated carbocycles. The number of aliphatic hydroxyl groups excluding tert-OH is 1. The van der Waals surface area contributed by atoms with Gasteiger partial charge >= 0.3 is 0 Å². The van der Waals surface area contributed by atoms with Gasteiger partial charge in [0, 0.05) is 38.9 Å². The molecular weight excluding hydrogens is 308 g/mol. The van der Waals surface area contributed by atoms with Crippen LogP contribution in [0.3, 0.4) is 0 Å². The fraction of sp³-hybridized carbons (Fsp3) is 0.533. The lowest BCUT2D eigenvalue weighted by Crippen LogP contribution is -2.37. The molecule has 0 radical (unpaired) electrons. The molecule has 0 spiro atoms. The Kier molecular flexibility index (Phi) is 4.08. The second-order valence-electron chi connectivity index (χ2n) is 6.16. The molecule has 0 amide bonds. The van der Waals surface area contributed by atoms with Crippen LogP contribution in [0.15, 0.2) is 18.9 Å². The molecule has 0 aliphatic carbocycles. The molecule has 1 atom stereocenters. The number of aromatic nitrogens is 7. The average molecular weight is 328 g/mol. The van der Waals surface area contributed by atoms with Crippen molar-refractivity contribution in [1.29, 1.82) is 0 Å². The number of hydrogen-bond acceptors (Lipinski definition) is 7. The van der Waals surface area contributed by atoms with Gasteiger partial charge in [-0.2, -0.15) is 0 Å². The Morgan fingerprint density at radius 2 is 2.25 bits per heavy atom. The summed E-state index contributed by atoms with van der Waals surface area (Å²) in [6.07, 6.45) is 7.97. The van der Waals surface area contributed by atoms with E-state index in [4.69, 9.17) is 5.11 Å². The van der Waals surface area contributed by atoms with Gasteiger partial charge in [-0.3, -0.25) is 4.68 Å². The summed E-state index contributed by atoms with van der Waals surface area (Å²) in [5.41, 5.74) is 2.43. The van der Waals surface area contributed by atoms with Crippen LogP contribution in [0.4, 0.5) is 5.82 Å². The Balaban J connectivity index is 1.48. The zero-order valence-corrected chi connectivity index (χ0v) is 13.3. The van der Waals surface area contributed by atoms with Crippen LogP contribution in [0.25, 0.3) is 11.2 Å². The summed E-state index contributed by atoms with van der Waals surface area (Å²) in [5, 5.41) is 17.2. The van der Waals surface area contributed by atoms with Gasteiger partial charge in [0.05, 0.1) is 12.0 Å². The molecular formula is C15H20N8O. The van der Waals surface area contributed by atoms with Gasteiger partial charge in [-0.1, -0.05) is 5.21 Å². The largest absolute Gasteiger partial charge is 0.396 e. The molecule has 1 unspecified atom stereocenters. The maximum absolute atomic E-state index is 8.98. The van der Waals surface area contributed by atoms with Crippen molar-refractivity contribution in [3.8, 4) is 0 Å². The first kappa shape index (κ1) is 15.0. The van der Waals surface area contributed by atoms with Crippen LogP contribution in [0.5, 0.6) is 0 Å². The summed E-state index contributed by atoms with van der Waals surface area (Å²) in [7, 11) is 0. The Labute approximate surface area is 138 Å². The summed E-state index contributed by atoms with van der Waals surface area (Å²) in [6, 6.07) is 0. The van der Waals surface area contributed by atoms with Crippen molar-refractivity contribution in [3.63, 3.8) is 0 Å². The van der Waals surface area contributed by atoms with E-state index in [0.29, 0.717) is 18.0 Å². The van der Waals surface area contributed by atoms with E-state index >= 15 is 0 Å². The first-order valence-corrected chi connectivity index (χ1v) is 8.22. The fourth-order valence-electron chi connectivity index (χ4n) is 3.32. The Morgan fingerprint density at radius 3 is 3.17 bits per heavy atom. The monoisotopic (exact) mass is 328 g/mol. The highest BCUT2D eigenvalue weighted by atomic mass is 16.3. The Morgan fingerprint density at radius 1 is 1.29 bits per heavy atom. The molecule has 9 nitrogen and oxygen atoms in total. The van der Waals surface area contributed by atoms with Crippen LogP contribution in [0.2, 0.25) is 0 Å². The average Bonchev–Trinajstić information content (AvgIpc) is 3.24. The standard InChI is InChI=1S/C15H20N8O/c24-5-3-12-8-23(21-20-12)7-11-2-1-4-22(6-11)15-13-14(17-9-16-13)18-10-19-15/h8-11,24H,1-7H2,(H,16,17,18,19). The molecule has 0 bridgehead atoms. The van der Waals surface area contributed by atoms with Crippen molar-refractivity contribution in [3.05, 3.63) is 24.5 Å². The molecule has 1 fully saturated rings. The lowest BCUT2D eigenvalue weighted by atomic mass is 9.98. The molecule has 1 aliphatic heterocycles. The molecule has 4 heterocycles. The van der Waals surface area contributed by atoms with Crippen molar-refractivity contribution in [1.82, 2.24) is 34.9 Å². The van der Waals surface area contributed by atoms with Gasteiger partial charge in [-0.15, -0.1) is 5.10 Å². The second-order valence-corrected chi connectivity index (χ2v) is 6.16. The molecule has 3 aromatic rings. The van der Waals surface area contributed by atoms with Crippen molar-refractivity contribution >= 4 is 17.0 Å². The minimum atomic E-state index is 0.101. The predicted octanol–water partition coefficient (Wildman–Crippen LogP) is 0.396. The number of fused-ring (bicyclic) bond motifs is 1. The molecule has 24 heavy (non-hydrogen) atoms. The minimum Gasteiger partial charge on any atom is -0.396 e. The lowest BCUT2D eigenvalue weighted by molar-refractivity contribution is 0.298. The Bertz CT molecular complexity index is 813. The van der Waals surface area contributed by atoms with E-state index in [2.05, 4.69) is 35.1 Å². The third-order valence-corrected chi connectivity index (χ3v) is 4.42. The van der Waals surface area contributed by atoms with E-state index in [1.165, 1.54) is 0 Å². The summed E-state index contributed by atoms with van der Waals surface area (Å²) >= 11 is 0. The minimum absolute atomic E-state index is 0.101. The van der Waals surface area contributed by atoms with Gasteiger partial charge < -0.3 is 15.0 Å². The molecule has 1 aliphatic rings. The first-order chi connectivity index (χ1) is 11.8. The number of aliphatic hydroxyl groups is 1. The number of anilines is 1. The number of imidazole rings is 1. The smallest absolute Gasteiger partial charge is 0.182 e. The molecule has 9 heteroatoms. The fourth-order valence-corrected chi connectivity index (χ4v) is 3.32. The highest BCUT2D eigenvalue weighted by molar-refractivity contribution is 5.82. The topological polar surface area (TPSA) is 109 Å². The van der Waals surface area contributed by atoms with Gasteiger partial charge in [0.2, 0.25) is 0 Å². The van der Waals surface area contributed by atoms with Crippen molar-refractivity contribution in [2.24, 2.45) is 5.92 Å². The highest BCUT2D eigenvalue weighted by Crippen LogP contribution is 2.26. The van der Waals surface area contributed by atoms with Crippen LogP contribution >= 0.6 is 0 Å². The maximum atomic E-state index is 8.98. The molecule has 126 valence electrons. The number of piperidine rings is 1. The summed E-state index contributed by atoms with van der Waals surface area (Å²) in [4.78, 5) is 18.3. The van der Waals surface area contributed by atoms with Gasteiger partial charge in [0.25, 0.3) is 0 Å². The molecule has 4 rings (SSSR count). The quantitative estimate of drug-likeness (QED) is 0.697. The van der Waals surface area contributed by atoms with E-state index in [1.54, 1.807) is 12.7 Å². The zero-order valence-electron chi connectivity index (χ0n) is 13.3. The van der Waals surface area contributed by atoms with Crippen LogP contribution < -0.4 is 4.90 Å². The van der Waals surface area contributed by atoms with E-state index < -0.39 is 0 Å². The second kappa shape index (κ2) is 6.52. The van der Waals surface area contributed by atoms with Gasteiger partial charge in [-0.05, 0) is 18.8 Å². The number of H-pyrrole nitrogens is 1. The van der Waals surface area contributed by atoms with Crippen molar-refractivity contribution < 1.29 is 5.11 Å². The van der Waals surface area contributed by atoms with E-state index in [0.717, 1.165) is 49.5 Å². The van der Waals surface area contributed by atoms with E-state index in [9.17, 15) is 0 Å². The normalized spacial score (nSPS) is 18.4. The first-order valence-electron chi connectivity index (χ1n) is 8.22. The maximum Gasteiger partial charge on any atom is 0.182 e. The number of hydrogen-bond donors (Lipinski definition) is 2. The number of aromatic amines is 1. The summed E-state index contributed by atoms with van der Waals surface area (Å²) in [6.45, 7) is 2.82. The lowest BCUT2D eigenvalue weighted by Gasteiger charge is -2.33. The van der Waals surface area contributed by atoms with Crippen molar-refractivity contribution in [2.75, 3.05) is 24.6 Å². The molecule has 1 saturated heterocycles. The predicted molar refractivity (Wildman–Crippen MR) is 87.4 cm³/mol. The van der Waals surface area contributed by atoms with Crippen LogP contribution in [-0.4, -0.2) is 59.7 Å². The highest BCUT2D eigenvalue weighted by Gasteiger charge is 2.23. The summed E-state index contributed by atoms with van der Waals surface area (Å²) in [5.74, 6) is 1.40. The molecule has 0 aromatic carbocycles. The van der Waals surface area contributed by atoms with Gasteiger partial charge in [0.15, 0.2) is 11.5 Å². The molecule has 2 N–H and O–H groups in total. The summed E-state index contributed by atoms with van der Waals surface area (Å²) < 4.78 is 1.88. The van der Waals surface area contributed by atoms with Crippen LogP contribution in [0.1, 0.15) is 18.5 Å². The van der Waals surface area contributed by atoms with Gasteiger partial charge in [0.1, 0.15) is 11.8 Å². The Hall–Kier alpha value is -2.55. The zero-order chi connectivity index (χ0) is 16.4. The van der Waals surface area contributed by atoms with Crippen LogP contribution in [0, 0.1) is 5.92 Å². The van der Waals surface area contributed by atoms with Crippen LogP contribution in [-0.2, 0) is 13.0 Å². The SMILES string of the molecule is OCCc1cn(CC2CCCN(c3ncnc4nc[nH]c34)C2)nn1. The third kappa shape index (κ3) is 2.94.